The van der Waals surface area contributed by atoms with Crippen LogP contribution in [0.1, 0.15) is 31.9 Å². The van der Waals surface area contributed by atoms with E-state index >= 15 is 0 Å². The summed E-state index contributed by atoms with van der Waals surface area (Å²) in [7, 11) is 0. The number of esters is 1. The van der Waals surface area contributed by atoms with Crippen LogP contribution in [0, 0.1) is 13.8 Å². The highest BCUT2D eigenvalue weighted by Gasteiger charge is 2.32. The van der Waals surface area contributed by atoms with Gasteiger partial charge in [-0.25, -0.2) is 4.79 Å². The van der Waals surface area contributed by atoms with Gasteiger partial charge in [-0.2, -0.15) is 0 Å². The molecule has 0 aliphatic heterocycles. The third kappa shape index (κ3) is 3.22. The number of carbonyl (C=O) groups excluding carboxylic acids is 1. The Balaban J connectivity index is 2.93. The minimum atomic E-state index is -0.965. The normalized spacial score (nSPS) is 11.1. The molecular weight excluding hydrogens is 216 g/mol. The Labute approximate surface area is 103 Å². The van der Waals surface area contributed by atoms with Gasteiger partial charge in [0.1, 0.15) is 5.75 Å². The van der Waals surface area contributed by atoms with E-state index in [1.807, 2.05) is 32.0 Å². The van der Waals surface area contributed by atoms with Gasteiger partial charge in [0.25, 0.3) is 0 Å². The lowest BCUT2D eigenvalue weighted by atomic mass is 10.1. The average molecular weight is 236 g/mol. The topological polar surface area (TPSA) is 35.5 Å². The molecule has 0 amide bonds. The zero-order chi connectivity index (χ0) is 13.1. The maximum atomic E-state index is 11.7. The lowest BCUT2D eigenvalue weighted by Crippen LogP contribution is -2.40. The number of hydrogen-bond donors (Lipinski definition) is 0. The number of carbonyl (C=O) groups is 1. The van der Waals surface area contributed by atoms with Crippen molar-refractivity contribution < 1.29 is 14.3 Å². The van der Waals surface area contributed by atoms with Gasteiger partial charge in [0, 0.05) is 0 Å². The lowest BCUT2D eigenvalue weighted by Gasteiger charge is -2.26. The molecule has 0 spiro atoms. The summed E-state index contributed by atoms with van der Waals surface area (Å²) in [6.07, 6.45) is 0. The Kier molecular flexibility index (Phi) is 4.16. The van der Waals surface area contributed by atoms with Crippen LogP contribution in [0.4, 0.5) is 0 Å². The van der Waals surface area contributed by atoms with E-state index in [0.717, 1.165) is 16.9 Å². The van der Waals surface area contributed by atoms with Crippen molar-refractivity contribution in [3.8, 4) is 5.75 Å². The number of para-hydroxylation sites is 1. The molecule has 17 heavy (non-hydrogen) atoms. The molecule has 1 aromatic rings. The molecule has 0 radical (unpaired) electrons. The summed E-state index contributed by atoms with van der Waals surface area (Å²) in [5.74, 6) is 0.410. The monoisotopic (exact) mass is 236 g/mol. The molecule has 0 unspecified atom stereocenters. The molecule has 3 heteroatoms. The first-order valence-electron chi connectivity index (χ1n) is 5.81. The molecule has 3 nitrogen and oxygen atoms in total. The molecule has 0 N–H and O–H groups in total. The summed E-state index contributed by atoms with van der Waals surface area (Å²) >= 11 is 0. The molecule has 0 aromatic heterocycles. The van der Waals surface area contributed by atoms with Crippen LogP contribution < -0.4 is 4.74 Å². The van der Waals surface area contributed by atoms with Crippen LogP contribution >= 0.6 is 0 Å². The molecule has 0 aliphatic carbocycles. The molecule has 0 saturated heterocycles. The first-order chi connectivity index (χ1) is 7.88. The second-order valence-corrected chi connectivity index (χ2v) is 4.55. The van der Waals surface area contributed by atoms with Crippen molar-refractivity contribution in [1.29, 1.82) is 0 Å². The van der Waals surface area contributed by atoms with Crippen molar-refractivity contribution in [3.05, 3.63) is 29.3 Å². The SMILES string of the molecule is CCOC(=O)C(C)(C)Oc1c(C)cccc1C. The second kappa shape index (κ2) is 5.21. The summed E-state index contributed by atoms with van der Waals surface area (Å²) in [4.78, 5) is 11.7. The molecule has 94 valence electrons. The van der Waals surface area contributed by atoms with Crippen molar-refractivity contribution in [1.82, 2.24) is 0 Å². The number of aryl methyl sites for hydroxylation is 2. The fraction of sp³-hybridized carbons (Fsp3) is 0.500. The van der Waals surface area contributed by atoms with Crippen molar-refractivity contribution >= 4 is 5.97 Å². The van der Waals surface area contributed by atoms with Gasteiger partial charge >= 0.3 is 5.97 Å². The van der Waals surface area contributed by atoms with Gasteiger partial charge in [0.2, 0.25) is 0 Å². The van der Waals surface area contributed by atoms with E-state index in [4.69, 9.17) is 9.47 Å². The van der Waals surface area contributed by atoms with Gasteiger partial charge in [-0.15, -0.1) is 0 Å². The van der Waals surface area contributed by atoms with Gasteiger partial charge in [0.15, 0.2) is 5.60 Å². The van der Waals surface area contributed by atoms with E-state index in [1.54, 1.807) is 20.8 Å². The quantitative estimate of drug-likeness (QED) is 0.754. The minimum absolute atomic E-state index is 0.345. The van der Waals surface area contributed by atoms with Crippen LogP contribution in [0.25, 0.3) is 0 Å². The van der Waals surface area contributed by atoms with Crippen LogP contribution in [0.3, 0.4) is 0 Å². The standard InChI is InChI=1S/C14H20O3/c1-6-16-13(15)14(4,5)17-12-10(2)8-7-9-11(12)3/h7-9H,6H2,1-5H3. The Bertz CT molecular complexity index is 388. The number of benzene rings is 1. The predicted octanol–water partition coefficient (Wildman–Crippen LogP) is 3.02. The summed E-state index contributed by atoms with van der Waals surface area (Å²) < 4.78 is 10.8. The first kappa shape index (κ1) is 13.6. The van der Waals surface area contributed by atoms with Crippen molar-refractivity contribution in [2.24, 2.45) is 0 Å². The highest BCUT2D eigenvalue weighted by atomic mass is 16.6. The molecule has 0 bridgehead atoms. The number of hydrogen-bond acceptors (Lipinski definition) is 3. The largest absolute Gasteiger partial charge is 0.476 e. The fourth-order valence-corrected chi connectivity index (χ4v) is 1.56. The zero-order valence-electron chi connectivity index (χ0n) is 11.2. The molecule has 0 fully saturated rings. The summed E-state index contributed by atoms with van der Waals surface area (Å²) in [5, 5.41) is 0. The van der Waals surface area contributed by atoms with Crippen LogP contribution in [-0.4, -0.2) is 18.2 Å². The number of rotatable bonds is 4. The molecule has 0 saturated carbocycles. The Morgan fingerprint density at radius 3 is 2.24 bits per heavy atom. The Morgan fingerprint density at radius 1 is 1.24 bits per heavy atom. The van der Waals surface area contributed by atoms with Gasteiger partial charge in [-0.05, 0) is 45.7 Å². The van der Waals surface area contributed by atoms with Crippen LogP contribution in [0.5, 0.6) is 5.75 Å². The third-order valence-electron chi connectivity index (χ3n) is 2.53. The number of ether oxygens (including phenoxy) is 2. The van der Waals surface area contributed by atoms with Crippen molar-refractivity contribution in [2.75, 3.05) is 6.61 Å². The summed E-state index contributed by atoms with van der Waals surface area (Å²) in [6.45, 7) is 9.51. The Hall–Kier alpha value is -1.51. The summed E-state index contributed by atoms with van der Waals surface area (Å²) in [6, 6.07) is 5.89. The third-order valence-corrected chi connectivity index (χ3v) is 2.53. The van der Waals surface area contributed by atoms with E-state index in [9.17, 15) is 4.79 Å². The fourth-order valence-electron chi connectivity index (χ4n) is 1.56. The van der Waals surface area contributed by atoms with Crippen LogP contribution in [0.2, 0.25) is 0 Å². The lowest BCUT2D eigenvalue weighted by molar-refractivity contribution is -0.158. The summed E-state index contributed by atoms with van der Waals surface area (Å²) in [5.41, 5.74) is 1.07. The van der Waals surface area contributed by atoms with Gasteiger partial charge < -0.3 is 9.47 Å². The molecule has 0 heterocycles. The molecule has 1 rings (SSSR count). The Morgan fingerprint density at radius 2 is 1.76 bits per heavy atom. The van der Waals surface area contributed by atoms with Gasteiger partial charge in [-0.3, -0.25) is 0 Å². The van der Waals surface area contributed by atoms with Crippen molar-refractivity contribution in [2.45, 2.75) is 40.2 Å². The molecular formula is C14H20O3. The molecule has 0 aliphatic rings. The molecule has 1 aromatic carbocycles. The smallest absolute Gasteiger partial charge is 0.349 e. The zero-order valence-corrected chi connectivity index (χ0v) is 11.2. The van der Waals surface area contributed by atoms with Gasteiger partial charge in [-0.1, -0.05) is 18.2 Å². The highest BCUT2D eigenvalue weighted by molar-refractivity contribution is 5.79. The van der Waals surface area contributed by atoms with Crippen LogP contribution in [-0.2, 0) is 9.53 Å². The average Bonchev–Trinajstić information content (AvgIpc) is 2.24. The second-order valence-electron chi connectivity index (χ2n) is 4.55. The van der Waals surface area contributed by atoms with E-state index in [1.165, 1.54) is 0 Å². The van der Waals surface area contributed by atoms with Crippen molar-refractivity contribution in [3.63, 3.8) is 0 Å². The maximum absolute atomic E-state index is 11.7. The first-order valence-corrected chi connectivity index (χ1v) is 5.81. The minimum Gasteiger partial charge on any atom is -0.476 e. The highest BCUT2D eigenvalue weighted by Crippen LogP contribution is 2.27. The van der Waals surface area contributed by atoms with E-state index < -0.39 is 5.60 Å². The van der Waals surface area contributed by atoms with Gasteiger partial charge in [0.05, 0.1) is 6.61 Å². The predicted molar refractivity (Wildman–Crippen MR) is 67.3 cm³/mol. The molecule has 0 atom stereocenters. The van der Waals surface area contributed by atoms with E-state index in [-0.39, 0.29) is 5.97 Å². The van der Waals surface area contributed by atoms with E-state index in [0.29, 0.717) is 6.61 Å². The van der Waals surface area contributed by atoms with Crippen LogP contribution in [0.15, 0.2) is 18.2 Å². The van der Waals surface area contributed by atoms with E-state index in [2.05, 4.69) is 0 Å². The maximum Gasteiger partial charge on any atom is 0.349 e.